The van der Waals surface area contributed by atoms with Gasteiger partial charge in [0.15, 0.2) is 6.23 Å². The fourth-order valence-corrected chi connectivity index (χ4v) is 3.38. The molecule has 0 aliphatic rings. The van der Waals surface area contributed by atoms with Crippen molar-refractivity contribution in [3.05, 3.63) is 72.3 Å². The quantitative estimate of drug-likeness (QED) is 0.285. The van der Waals surface area contributed by atoms with Crippen LogP contribution in [0.4, 0.5) is 21.9 Å². The van der Waals surface area contributed by atoms with Gasteiger partial charge in [-0.1, -0.05) is 30.3 Å². The van der Waals surface area contributed by atoms with Crippen LogP contribution in [-0.2, 0) is 4.74 Å². The third-order valence-corrected chi connectivity index (χ3v) is 4.89. The molecule has 0 fully saturated rings. The Balaban J connectivity index is 1.75. The lowest BCUT2D eigenvalue weighted by atomic mass is 10.1. The molecule has 1 heterocycles. The average molecular weight is 402 g/mol. The minimum atomic E-state index is -0.998. The standard InChI is InChI=1S/C23H22N4O3/c1-24-15-10-11-18-20(13-15)26-19-9-4-3-8-17(19)21(18)27-22(28)14-6-5-7-16(12-14)25-23(29)30-2/h3-13,22,24,28H,1-2H3,(H,25,29)(H,26,27). The lowest BCUT2D eigenvalue weighted by Crippen LogP contribution is -2.13. The number of pyridine rings is 1. The molecule has 0 radical (unpaired) electrons. The number of aromatic nitrogens is 1. The number of fused-ring (bicyclic) bond motifs is 2. The van der Waals surface area contributed by atoms with Crippen molar-refractivity contribution in [3.8, 4) is 0 Å². The Morgan fingerprint density at radius 2 is 1.77 bits per heavy atom. The fraction of sp³-hybridized carbons (Fsp3) is 0.130. The summed E-state index contributed by atoms with van der Waals surface area (Å²) in [6.07, 6.45) is -1.57. The van der Waals surface area contributed by atoms with Crippen LogP contribution in [0.1, 0.15) is 11.8 Å². The number of nitrogens with zero attached hydrogens (tertiary/aromatic N) is 1. The summed E-state index contributed by atoms with van der Waals surface area (Å²) in [6.45, 7) is 0. The van der Waals surface area contributed by atoms with Gasteiger partial charge in [-0.15, -0.1) is 0 Å². The number of carbonyl (C=O) groups is 1. The van der Waals surface area contributed by atoms with Gasteiger partial charge in [0.2, 0.25) is 0 Å². The number of carbonyl (C=O) groups excluding carboxylic acids is 1. The number of methoxy groups -OCH3 is 1. The molecule has 4 rings (SSSR count). The van der Waals surface area contributed by atoms with Crippen LogP contribution in [0.2, 0.25) is 0 Å². The first-order chi connectivity index (χ1) is 14.6. The second-order valence-electron chi connectivity index (χ2n) is 6.77. The number of amides is 1. The summed E-state index contributed by atoms with van der Waals surface area (Å²) in [4.78, 5) is 16.2. The van der Waals surface area contributed by atoms with Crippen molar-refractivity contribution in [2.24, 2.45) is 0 Å². The largest absolute Gasteiger partial charge is 0.453 e. The molecule has 7 heteroatoms. The second-order valence-corrected chi connectivity index (χ2v) is 6.77. The van der Waals surface area contributed by atoms with Crippen LogP contribution >= 0.6 is 0 Å². The molecule has 4 N–H and O–H groups in total. The lowest BCUT2D eigenvalue weighted by Gasteiger charge is -2.19. The predicted octanol–water partition coefficient (Wildman–Crippen LogP) is 4.71. The Hall–Kier alpha value is -3.84. The molecule has 4 aromatic rings. The number of rotatable bonds is 5. The zero-order valence-electron chi connectivity index (χ0n) is 16.6. The smallest absolute Gasteiger partial charge is 0.411 e. The van der Waals surface area contributed by atoms with Gasteiger partial charge in [0, 0.05) is 34.8 Å². The summed E-state index contributed by atoms with van der Waals surface area (Å²) in [6, 6.07) is 20.7. The van der Waals surface area contributed by atoms with Crippen LogP contribution in [0.25, 0.3) is 21.8 Å². The van der Waals surface area contributed by atoms with E-state index in [0.717, 1.165) is 33.2 Å². The molecule has 0 aliphatic carbocycles. The van der Waals surface area contributed by atoms with E-state index in [9.17, 15) is 9.90 Å². The third-order valence-electron chi connectivity index (χ3n) is 4.89. The van der Waals surface area contributed by atoms with Gasteiger partial charge >= 0.3 is 6.09 Å². The maximum Gasteiger partial charge on any atom is 0.411 e. The number of benzene rings is 3. The first kappa shape index (κ1) is 19.5. The van der Waals surface area contributed by atoms with Crippen molar-refractivity contribution in [2.75, 3.05) is 30.1 Å². The van der Waals surface area contributed by atoms with Gasteiger partial charge in [-0.25, -0.2) is 9.78 Å². The zero-order valence-corrected chi connectivity index (χ0v) is 16.6. The van der Waals surface area contributed by atoms with Crippen LogP contribution in [0.5, 0.6) is 0 Å². The van der Waals surface area contributed by atoms with Crippen molar-refractivity contribution >= 4 is 45.0 Å². The number of hydrogen-bond acceptors (Lipinski definition) is 6. The molecule has 152 valence electrons. The summed E-state index contributed by atoms with van der Waals surface area (Å²) >= 11 is 0. The minimum absolute atomic E-state index is 0.531. The summed E-state index contributed by atoms with van der Waals surface area (Å²) in [5, 5.41) is 21.7. The Morgan fingerprint density at radius 1 is 0.967 bits per heavy atom. The highest BCUT2D eigenvalue weighted by Gasteiger charge is 2.15. The highest BCUT2D eigenvalue weighted by Crippen LogP contribution is 2.34. The summed E-state index contributed by atoms with van der Waals surface area (Å²) in [5.74, 6) is 0. The van der Waals surface area contributed by atoms with Gasteiger partial charge in [0.1, 0.15) is 0 Å². The molecule has 1 unspecified atom stereocenters. The Kier molecular flexibility index (Phi) is 5.36. The molecule has 30 heavy (non-hydrogen) atoms. The van der Waals surface area contributed by atoms with Gasteiger partial charge < -0.3 is 20.5 Å². The van der Waals surface area contributed by atoms with Gasteiger partial charge in [-0.3, -0.25) is 5.32 Å². The van der Waals surface area contributed by atoms with E-state index in [-0.39, 0.29) is 0 Å². The topological polar surface area (TPSA) is 95.5 Å². The molecule has 0 saturated carbocycles. The van der Waals surface area contributed by atoms with E-state index in [0.29, 0.717) is 11.3 Å². The Bertz CT molecular complexity index is 1230. The molecule has 0 aliphatic heterocycles. The van der Waals surface area contributed by atoms with Crippen LogP contribution in [0, 0.1) is 0 Å². The molecule has 1 atom stereocenters. The normalized spacial score (nSPS) is 11.8. The molecule has 0 spiro atoms. The first-order valence-corrected chi connectivity index (χ1v) is 9.49. The maximum atomic E-state index is 11.5. The van der Waals surface area contributed by atoms with Crippen LogP contribution in [0.15, 0.2) is 66.7 Å². The van der Waals surface area contributed by atoms with Crippen molar-refractivity contribution in [1.82, 2.24) is 4.98 Å². The molecule has 3 aromatic carbocycles. The van der Waals surface area contributed by atoms with E-state index in [4.69, 9.17) is 4.98 Å². The number of aliphatic hydroxyl groups excluding tert-OH is 1. The van der Waals surface area contributed by atoms with Gasteiger partial charge in [0.05, 0.1) is 23.8 Å². The van der Waals surface area contributed by atoms with E-state index >= 15 is 0 Å². The number of para-hydroxylation sites is 1. The number of nitrogens with one attached hydrogen (secondary N) is 3. The fourth-order valence-electron chi connectivity index (χ4n) is 3.38. The first-order valence-electron chi connectivity index (χ1n) is 9.49. The zero-order chi connectivity index (χ0) is 21.1. The van der Waals surface area contributed by atoms with E-state index in [1.807, 2.05) is 49.5 Å². The highest BCUT2D eigenvalue weighted by atomic mass is 16.5. The van der Waals surface area contributed by atoms with E-state index in [1.165, 1.54) is 7.11 Å². The summed E-state index contributed by atoms with van der Waals surface area (Å²) in [7, 11) is 3.16. The van der Waals surface area contributed by atoms with Gasteiger partial charge in [-0.2, -0.15) is 0 Å². The van der Waals surface area contributed by atoms with E-state index in [2.05, 4.69) is 20.7 Å². The monoisotopic (exact) mass is 402 g/mol. The third kappa shape index (κ3) is 3.83. The van der Waals surface area contributed by atoms with Crippen LogP contribution in [0.3, 0.4) is 0 Å². The second kappa shape index (κ2) is 8.26. The molecule has 1 amide bonds. The van der Waals surface area contributed by atoms with Crippen LogP contribution in [-0.4, -0.2) is 30.3 Å². The Labute approximate surface area is 173 Å². The number of aliphatic hydroxyl groups is 1. The number of anilines is 3. The van der Waals surface area contributed by atoms with Crippen molar-refractivity contribution in [1.29, 1.82) is 0 Å². The van der Waals surface area contributed by atoms with Crippen molar-refractivity contribution < 1.29 is 14.6 Å². The minimum Gasteiger partial charge on any atom is -0.453 e. The average Bonchev–Trinajstić information content (AvgIpc) is 2.78. The molecular formula is C23H22N4O3. The van der Waals surface area contributed by atoms with Crippen molar-refractivity contribution in [2.45, 2.75) is 6.23 Å². The molecule has 0 bridgehead atoms. The van der Waals surface area contributed by atoms with Crippen LogP contribution < -0.4 is 16.0 Å². The SMILES string of the molecule is CNc1ccc2c(NC(O)c3cccc(NC(=O)OC)c3)c3ccccc3nc2c1. The maximum absolute atomic E-state index is 11.5. The highest BCUT2D eigenvalue weighted by molar-refractivity contribution is 6.08. The van der Waals surface area contributed by atoms with Gasteiger partial charge in [0.25, 0.3) is 0 Å². The lowest BCUT2D eigenvalue weighted by molar-refractivity contribution is 0.187. The predicted molar refractivity (Wildman–Crippen MR) is 120 cm³/mol. The summed E-state index contributed by atoms with van der Waals surface area (Å²) in [5.41, 5.74) is 4.52. The number of hydrogen-bond donors (Lipinski definition) is 4. The van der Waals surface area contributed by atoms with E-state index in [1.54, 1.807) is 24.3 Å². The molecular weight excluding hydrogens is 380 g/mol. The van der Waals surface area contributed by atoms with Crippen molar-refractivity contribution in [3.63, 3.8) is 0 Å². The summed E-state index contributed by atoms with van der Waals surface area (Å²) < 4.78 is 4.63. The number of ether oxygens (including phenoxy) is 1. The molecule has 7 nitrogen and oxygen atoms in total. The molecule has 1 aromatic heterocycles. The Morgan fingerprint density at radius 3 is 2.57 bits per heavy atom. The molecule has 0 saturated heterocycles. The van der Waals surface area contributed by atoms with E-state index < -0.39 is 12.3 Å². The van der Waals surface area contributed by atoms with Gasteiger partial charge in [-0.05, 0) is 36.4 Å².